The molecule has 5 heteroatoms. The lowest BCUT2D eigenvalue weighted by molar-refractivity contribution is 0.572. The summed E-state index contributed by atoms with van der Waals surface area (Å²) in [6, 6.07) is 2.31. The molecule has 1 heterocycles. The standard InChI is InChI=1S/C11H14Br2N2S/c12-8-6-9(16-11(8)13)10(15-14)7-4-2-1-3-5-7/h4,6,10,15H,1-3,5,14H2. The van der Waals surface area contributed by atoms with Gasteiger partial charge in [-0.25, -0.2) is 5.43 Å². The Kier molecular flexibility index (Phi) is 4.61. The van der Waals surface area contributed by atoms with Gasteiger partial charge in [0.15, 0.2) is 0 Å². The van der Waals surface area contributed by atoms with Crippen LogP contribution < -0.4 is 11.3 Å². The normalized spacial score (nSPS) is 18.3. The molecule has 1 aromatic rings. The highest BCUT2D eigenvalue weighted by Gasteiger charge is 2.19. The minimum absolute atomic E-state index is 0.174. The van der Waals surface area contributed by atoms with Crippen molar-refractivity contribution in [1.82, 2.24) is 5.43 Å². The molecule has 0 aromatic carbocycles. The van der Waals surface area contributed by atoms with Gasteiger partial charge in [-0.3, -0.25) is 5.84 Å². The van der Waals surface area contributed by atoms with Crippen molar-refractivity contribution < 1.29 is 0 Å². The number of rotatable bonds is 3. The molecule has 0 spiro atoms. The number of allylic oxidation sites excluding steroid dienone is 1. The van der Waals surface area contributed by atoms with Gasteiger partial charge < -0.3 is 0 Å². The highest BCUT2D eigenvalue weighted by atomic mass is 79.9. The fourth-order valence-corrected chi connectivity index (χ4v) is 4.20. The average Bonchev–Trinajstić information content (AvgIpc) is 2.61. The summed E-state index contributed by atoms with van der Waals surface area (Å²) in [6.45, 7) is 0. The van der Waals surface area contributed by atoms with Gasteiger partial charge in [0.05, 0.1) is 9.83 Å². The summed E-state index contributed by atoms with van der Waals surface area (Å²) in [5.41, 5.74) is 4.36. The maximum absolute atomic E-state index is 5.68. The monoisotopic (exact) mass is 364 g/mol. The maximum atomic E-state index is 5.68. The van der Waals surface area contributed by atoms with Crippen LogP contribution in [0.15, 0.2) is 26.0 Å². The lowest BCUT2D eigenvalue weighted by Gasteiger charge is -2.21. The molecule has 1 aliphatic rings. The molecule has 2 rings (SSSR count). The van der Waals surface area contributed by atoms with Crippen LogP contribution in [0.25, 0.3) is 0 Å². The molecule has 0 amide bonds. The number of hydrogen-bond donors (Lipinski definition) is 2. The van der Waals surface area contributed by atoms with Gasteiger partial charge in [0, 0.05) is 9.35 Å². The van der Waals surface area contributed by atoms with Crippen LogP contribution in [-0.4, -0.2) is 0 Å². The molecule has 0 bridgehead atoms. The molecule has 1 unspecified atom stereocenters. The first-order chi connectivity index (χ1) is 7.72. The molecular formula is C11H14Br2N2S. The summed E-state index contributed by atoms with van der Waals surface area (Å²) in [7, 11) is 0. The van der Waals surface area contributed by atoms with Gasteiger partial charge >= 0.3 is 0 Å². The third-order valence-corrected chi connectivity index (χ3v) is 6.13. The molecule has 1 aliphatic carbocycles. The van der Waals surface area contributed by atoms with Crippen LogP contribution >= 0.6 is 43.2 Å². The van der Waals surface area contributed by atoms with E-state index in [4.69, 9.17) is 5.84 Å². The number of hydrogen-bond acceptors (Lipinski definition) is 3. The van der Waals surface area contributed by atoms with E-state index in [2.05, 4.69) is 49.4 Å². The van der Waals surface area contributed by atoms with Crippen molar-refractivity contribution in [3.63, 3.8) is 0 Å². The maximum Gasteiger partial charge on any atom is 0.0843 e. The van der Waals surface area contributed by atoms with Crippen molar-refractivity contribution in [3.8, 4) is 0 Å². The summed E-state index contributed by atoms with van der Waals surface area (Å²) in [5, 5.41) is 0. The van der Waals surface area contributed by atoms with E-state index in [0.717, 1.165) is 14.7 Å². The Labute approximate surface area is 117 Å². The van der Waals surface area contributed by atoms with Gasteiger partial charge in [0.1, 0.15) is 0 Å². The van der Waals surface area contributed by atoms with Gasteiger partial charge in [-0.15, -0.1) is 11.3 Å². The molecule has 1 atom stereocenters. The quantitative estimate of drug-likeness (QED) is 0.476. The first-order valence-electron chi connectivity index (χ1n) is 5.32. The average molecular weight is 366 g/mol. The second kappa shape index (κ2) is 5.78. The number of thiophene rings is 1. The van der Waals surface area contributed by atoms with Gasteiger partial charge in [-0.2, -0.15) is 0 Å². The fourth-order valence-electron chi connectivity index (χ4n) is 2.00. The summed E-state index contributed by atoms with van der Waals surface area (Å²) in [4.78, 5) is 1.26. The number of nitrogens with one attached hydrogen (secondary N) is 1. The van der Waals surface area contributed by atoms with Gasteiger partial charge in [-0.05, 0) is 63.6 Å². The van der Waals surface area contributed by atoms with Crippen molar-refractivity contribution in [2.24, 2.45) is 5.84 Å². The molecule has 0 saturated heterocycles. The van der Waals surface area contributed by atoms with E-state index >= 15 is 0 Å². The van der Waals surface area contributed by atoms with E-state index in [1.807, 2.05) is 0 Å². The highest BCUT2D eigenvalue weighted by molar-refractivity contribution is 9.13. The number of halogens is 2. The SMILES string of the molecule is NNC(C1=CCCCC1)c1cc(Br)c(Br)s1. The van der Waals surface area contributed by atoms with Crippen molar-refractivity contribution in [1.29, 1.82) is 0 Å². The van der Waals surface area contributed by atoms with Crippen LogP contribution in [0.4, 0.5) is 0 Å². The summed E-state index contributed by atoms with van der Waals surface area (Å²) < 4.78 is 2.23. The molecule has 0 aliphatic heterocycles. The summed E-state index contributed by atoms with van der Waals surface area (Å²) in [6.07, 6.45) is 7.25. The lowest BCUT2D eigenvalue weighted by Crippen LogP contribution is -2.29. The van der Waals surface area contributed by atoms with Crippen molar-refractivity contribution >= 4 is 43.2 Å². The van der Waals surface area contributed by atoms with Crippen LogP contribution in [0, 0.1) is 0 Å². The van der Waals surface area contributed by atoms with Gasteiger partial charge in [-0.1, -0.05) is 11.6 Å². The first kappa shape index (κ1) is 12.8. The van der Waals surface area contributed by atoms with Gasteiger partial charge in [0.2, 0.25) is 0 Å². The van der Waals surface area contributed by atoms with Gasteiger partial charge in [0.25, 0.3) is 0 Å². The van der Waals surface area contributed by atoms with E-state index in [9.17, 15) is 0 Å². The Hall–Kier alpha value is 0.320. The Morgan fingerprint density at radius 2 is 2.19 bits per heavy atom. The van der Waals surface area contributed by atoms with Crippen molar-refractivity contribution in [3.05, 3.63) is 30.9 Å². The molecule has 88 valence electrons. The van der Waals surface area contributed by atoms with E-state index in [1.165, 1.54) is 29.7 Å². The molecule has 0 saturated carbocycles. The van der Waals surface area contributed by atoms with Crippen LogP contribution in [-0.2, 0) is 0 Å². The van der Waals surface area contributed by atoms with E-state index in [1.54, 1.807) is 11.3 Å². The minimum atomic E-state index is 0.174. The predicted octanol–water partition coefficient (Wildman–Crippen LogP) is 4.28. The minimum Gasteiger partial charge on any atom is -0.271 e. The molecule has 16 heavy (non-hydrogen) atoms. The van der Waals surface area contributed by atoms with Crippen LogP contribution in [0.3, 0.4) is 0 Å². The van der Waals surface area contributed by atoms with Crippen molar-refractivity contribution in [2.75, 3.05) is 0 Å². The van der Waals surface area contributed by atoms with E-state index in [-0.39, 0.29) is 6.04 Å². The second-order valence-electron chi connectivity index (χ2n) is 3.89. The van der Waals surface area contributed by atoms with Crippen LogP contribution in [0.5, 0.6) is 0 Å². The molecule has 0 fully saturated rings. The third-order valence-electron chi connectivity index (χ3n) is 2.81. The Balaban J connectivity index is 2.24. The summed E-state index contributed by atoms with van der Waals surface area (Å²) in [5.74, 6) is 5.68. The molecule has 0 radical (unpaired) electrons. The second-order valence-corrected chi connectivity index (χ2v) is 7.15. The third kappa shape index (κ3) is 2.76. The molecule has 3 N–H and O–H groups in total. The van der Waals surface area contributed by atoms with Crippen LogP contribution in [0.2, 0.25) is 0 Å². The first-order valence-corrected chi connectivity index (χ1v) is 7.72. The summed E-state index contributed by atoms with van der Waals surface area (Å²) >= 11 is 8.76. The zero-order chi connectivity index (χ0) is 11.5. The zero-order valence-electron chi connectivity index (χ0n) is 8.80. The topological polar surface area (TPSA) is 38.0 Å². The molecular weight excluding hydrogens is 352 g/mol. The fraction of sp³-hybridized carbons (Fsp3) is 0.455. The highest BCUT2D eigenvalue weighted by Crippen LogP contribution is 2.39. The van der Waals surface area contributed by atoms with E-state index in [0.29, 0.717) is 0 Å². The molecule has 2 nitrogen and oxygen atoms in total. The van der Waals surface area contributed by atoms with Crippen LogP contribution in [0.1, 0.15) is 36.6 Å². The Bertz CT molecular complexity index is 381. The lowest BCUT2D eigenvalue weighted by atomic mass is 9.93. The van der Waals surface area contributed by atoms with Crippen molar-refractivity contribution in [2.45, 2.75) is 31.7 Å². The Morgan fingerprint density at radius 3 is 2.69 bits per heavy atom. The number of hydrazine groups is 1. The molecule has 1 aromatic heterocycles. The largest absolute Gasteiger partial charge is 0.271 e. The van der Waals surface area contributed by atoms with E-state index < -0.39 is 0 Å². The zero-order valence-corrected chi connectivity index (χ0v) is 12.8. The predicted molar refractivity (Wildman–Crippen MR) is 76.3 cm³/mol. The smallest absolute Gasteiger partial charge is 0.0843 e. The number of nitrogens with two attached hydrogens (primary N) is 1. The Morgan fingerprint density at radius 1 is 1.38 bits per heavy atom.